The van der Waals surface area contributed by atoms with Crippen LogP contribution in [0.25, 0.3) is 16.6 Å². The Hall–Kier alpha value is -3.03. The Morgan fingerprint density at radius 2 is 1.97 bits per heavy atom. The highest BCUT2D eigenvalue weighted by atomic mass is 35.5. The highest BCUT2D eigenvalue weighted by Crippen LogP contribution is 2.26. The number of carbonyl (C=O) groups is 1. The molecular weight excluding hydrogens is 412 g/mol. The Bertz CT molecular complexity index is 1250. The molecule has 4 rings (SSSR count). The van der Waals surface area contributed by atoms with Crippen molar-refractivity contribution in [3.63, 3.8) is 0 Å². The van der Waals surface area contributed by atoms with Crippen LogP contribution in [-0.4, -0.2) is 22.6 Å². The average Bonchev–Trinajstić information content (AvgIpc) is 3.21. The lowest BCUT2D eigenvalue weighted by Crippen LogP contribution is -2.21. The molecule has 29 heavy (non-hydrogen) atoms. The van der Waals surface area contributed by atoms with Crippen molar-refractivity contribution in [1.82, 2.24) is 9.55 Å². The fourth-order valence-corrected chi connectivity index (χ4v) is 3.91. The molecule has 0 aliphatic heterocycles. The summed E-state index contributed by atoms with van der Waals surface area (Å²) in [6.07, 6.45) is 0. The van der Waals surface area contributed by atoms with Gasteiger partial charge in [-0.3, -0.25) is 9.36 Å². The van der Waals surface area contributed by atoms with Crippen LogP contribution in [0.3, 0.4) is 0 Å². The summed E-state index contributed by atoms with van der Waals surface area (Å²) < 4.78 is 11.7. The Kier molecular flexibility index (Phi) is 5.42. The normalized spacial score (nSPS) is 11.0. The van der Waals surface area contributed by atoms with Crippen molar-refractivity contribution >= 4 is 40.2 Å². The van der Waals surface area contributed by atoms with Gasteiger partial charge in [0.25, 0.3) is 5.56 Å². The molecule has 0 aliphatic rings. The smallest absolute Gasteiger partial charge is 0.373 e. The standard InChI is InChI=1S/C21H15ClN2O4S/c1-27-20(26)18-10-8-15(28-18)12-29-21-23-17-11-13(22)7-9-16(17)19(25)24(21)14-5-3-2-4-6-14/h2-11H,12H2,1H3. The van der Waals surface area contributed by atoms with E-state index in [4.69, 9.17) is 16.0 Å². The number of nitrogens with zero attached hydrogens (tertiary/aromatic N) is 2. The van der Waals surface area contributed by atoms with Crippen LogP contribution >= 0.6 is 23.4 Å². The maximum atomic E-state index is 13.2. The third kappa shape index (κ3) is 3.92. The second kappa shape index (κ2) is 8.14. The van der Waals surface area contributed by atoms with Crippen molar-refractivity contribution in [2.75, 3.05) is 7.11 Å². The maximum absolute atomic E-state index is 13.2. The number of thioether (sulfide) groups is 1. The van der Waals surface area contributed by atoms with Gasteiger partial charge in [0.2, 0.25) is 5.76 Å². The molecular formula is C21H15ClN2O4S. The molecule has 0 aliphatic carbocycles. The van der Waals surface area contributed by atoms with Gasteiger partial charge in [0.05, 0.1) is 29.5 Å². The lowest BCUT2D eigenvalue weighted by atomic mass is 10.2. The van der Waals surface area contributed by atoms with E-state index in [1.807, 2.05) is 30.3 Å². The lowest BCUT2D eigenvalue weighted by molar-refractivity contribution is 0.0563. The molecule has 6 nitrogen and oxygen atoms in total. The predicted molar refractivity (Wildman–Crippen MR) is 112 cm³/mol. The molecule has 146 valence electrons. The van der Waals surface area contributed by atoms with E-state index >= 15 is 0 Å². The first kappa shape index (κ1) is 19.3. The first-order valence-electron chi connectivity index (χ1n) is 8.64. The average molecular weight is 427 g/mol. The van der Waals surface area contributed by atoms with Gasteiger partial charge in [0.15, 0.2) is 5.16 Å². The fourth-order valence-electron chi connectivity index (χ4n) is 2.84. The van der Waals surface area contributed by atoms with E-state index in [9.17, 15) is 9.59 Å². The zero-order valence-electron chi connectivity index (χ0n) is 15.3. The van der Waals surface area contributed by atoms with Crippen LogP contribution in [0.2, 0.25) is 5.02 Å². The van der Waals surface area contributed by atoms with E-state index < -0.39 is 5.97 Å². The molecule has 0 saturated carbocycles. The zero-order chi connectivity index (χ0) is 20.4. The number of rotatable bonds is 5. The van der Waals surface area contributed by atoms with Crippen LogP contribution in [-0.2, 0) is 10.5 Å². The van der Waals surface area contributed by atoms with Gasteiger partial charge in [0.1, 0.15) is 5.76 Å². The zero-order valence-corrected chi connectivity index (χ0v) is 16.9. The number of methoxy groups -OCH3 is 1. The molecule has 0 saturated heterocycles. The fraction of sp³-hybridized carbons (Fsp3) is 0.0952. The highest BCUT2D eigenvalue weighted by molar-refractivity contribution is 7.98. The number of hydrogen-bond acceptors (Lipinski definition) is 6. The van der Waals surface area contributed by atoms with Crippen LogP contribution in [0.4, 0.5) is 0 Å². The topological polar surface area (TPSA) is 74.3 Å². The maximum Gasteiger partial charge on any atom is 0.373 e. The van der Waals surface area contributed by atoms with Gasteiger partial charge in [-0.1, -0.05) is 41.6 Å². The molecule has 2 heterocycles. The quantitative estimate of drug-likeness (QED) is 0.261. The van der Waals surface area contributed by atoms with Crippen LogP contribution in [0, 0.1) is 0 Å². The van der Waals surface area contributed by atoms with E-state index in [2.05, 4.69) is 9.72 Å². The van der Waals surface area contributed by atoms with E-state index in [0.29, 0.717) is 38.3 Å². The van der Waals surface area contributed by atoms with E-state index in [0.717, 1.165) is 0 Å². The summed E-state index contributed by atoms with van der Waals surface area (Å²) in [5, 5.41) is 1.48. The van der Waals surface area contributed by atoms with Crippen molar-refractivity contribution in [3.05, 3.63) is 87.6 Å². The van der Waals surface area contributed by atoms with E-state index in [1.54, 1.807) is 34.9 Å². The molecule has 2 aromatic heterocycles. The summed E-state index contributed by atoms with van der Waals surface area (Å²) in [4.78, 5) is 29.4. The van der Waals surface area contributed by atoms with Crippen molar-refractivity contribution in [3.8, 4) is 5.69 Å². The predicted octanol–water partition coefficient (Wildman–Crippen LogP) is 4.71. The van der Waals surface area contributed by atoms with Crippen LogP contribution < -0.4 is 5.56 Å². The number of esters is 1. The molecule has 0 N–H and O–H groups in total. The molecule has 0 fully saturated rings. The second-order valence-corrected chi connectivity index (χ2v) is 7.46. The Balaban J connectivity index is 1.76. The van der Waals surface area contributed by atoms with Crippen molar-refractivity contribution in [2.45, 2.75) is 10.9 Å². The van der Waals surface area contributed by atoms with Gasteiger partial charge in [-0.2, -0.15) is 0 Å². The number of para-hydroxylation sites is 1. The monoisotopic (exact) mass is 426 g/mol. The molecule has 0 atom stereocenters. The SMILES string of the molecule is COC(=O)c1ccc(CSc2nc3cc(Cl)ccc3c(=O)n2-c2ccccc2)o1. The summed E-state index contributed by atoms with van der Waals surface area (Å²) >= 11 is 7.41. The van der Waals surface area contributed by atoms with Crippen molar-refractivity contribution < 1.29 is 13.9 Å². The minimum Gasteiger partial charge on any atom is -0.463 e. The first-order valence-corrected chi connectivity index (χ1v) is 10.0. The number of carbonyl (C=O) groups excluding carboxylic acids is 1. The van der Waals surface area contributed by atoms with Crippen molar-refractivity contribution in [1.29, 1.82) is 0 Å². The van der Waals surface area contributed by atoms with Crippen LogP contribution in [0.15, 0.2) is 75.0 Å². The van der Waals surface area contributed by atoms with Gasteiger partial charge in [-0.15, -0.1) is 0 Å². The number of halogens is 1. The molecule has 8 heteroatoms. The molecule has 0 spiro atoms. The Morgan fingerprint density at radius 1 is 1.17 bits per heavy atom. The third-order valence-electron chi connectivity index (χ3n) is 4.21. The first-order chi connectivity index (χ1) is 14.1. The third-order valence-corrected chi connectivity index (χ3v) is 5.40. The minimum absolute atomic E-state index is 0.127. The highest BCUT2D eigenvalue weighted by Gasteiger charge is 2.16. The number of furan rings is 1. The van der Waals surface area contributed by atoms with E-state index in [-0.39, 0.29) is 11.3 Å². The van der Waals surface area contributed by atoms with Gasteiger partial charge in [-0.05, 0) is 42.5 Å². The molecule has 0 radical (unpaired) electrons. The minimum atomic E-state index is -0.541. The van der Waals surface area contributed by atoms with Gasteiger partial charge < -0.3 is 9.15 Å². The summed E-state index contributed by atoms with van der Waals surface area (Å²) in [5.41, 5.74) is 1.04. The van der Waals surface area contributed by atoms with Gasteiger partial charge in [-0.25, -0.2) is 9.78 Å². The van der Waals surface area contributed by atoms with Gasteiger partial charge >= 0.3 is 5.97 Å². The Labute approximate surface area is 175 Å². The molecule has 0 unspecified atom stereocenters. The summed E-state index contributed by atoms with van der Waals surface area (Å²) in [6, 6.07) is 17.6. The van der Waals surface area contributed by atoms with Crippen LogP contribution in [0.1, 0.15) is 16.3 Å². The van der Waals surface area contributed by atoms with Crippen molar-refractivity contribution in [2.24, 2.45) is 0 Å². The number of benzene rings is 2. The summed E-state index contributed by atoms with van der Waals surface area (Å²) in [6.45, 7) is 0. The molecule has 2 aromatic carbocycles. The molecule has 0 amide bonds. The number of hydrogen-bond donors (Lipinski definition) is 0. The number of aromatic nitrogens is 2. The largest absolute Gasteiger partial charge is 0.463 e. The summed E-state index contributed by atoms with van der Waals surface area (Å²) in [7, 11) is 1.29. The second-order valence-electron chi connectivity index (χ2n) is 6.08. The van der Waals surface area contributed by atoms with E-state index in [1.165, 1.54) is 18.9 Å². The van der Waals surface area contributed by atoms with Gasteiger partial charge in [0, 0.05) is 5.02 Å². The Morgan fingerprint density at radius 3 is 2.72 bits per heavy atom. The molecule has 4 aromatic rings. The lowest BCUT2D eigenvalue weighted by Gasteiger charge is -2.13. The number of fused-ring (bicyclic) bond motifs is 1. The number of ether oxygens (including phenoxy) is 1. The molecule has 0 bridgehead atoms. The summed E-state index contributed by atoms with van der Waals surface area (Å²) in [5.74, 6) is 0.528. The van der Waals surface area contributed by atoms with Crippen LogP contribution in [0.5, 0.6) is 0 Å².